The third-order valence-corrected chi connectivity index (χ3v) is 4.75. The van der Waals surface area contributed by atoms with Crippen molar-refractivity contribution in [3.05, 3.63) is 27.6 Å². The molecule has 1 fully saturated rings. The van der Waals surface area contributed by atoms with Crippen LogP contribution in [0.15, 0.2) is 17.2 Å². The van der Waals surface area contributed by atoms with Crippen LogP contribution < -0.4 is 5.56 Å². The Morgan fingerprint density at radius 3 is 2.95 bits per heavy atom. The molecule has 0 N–H and O–H groups in total. The second-order valence-electron chi connectivity index (χ2n) is 5.50. The van der Waals surface area contributed by atoms with E-state index in [1.165, 1.54) is 28.7 Å². The molecule has 0 amide bonds. The van der Waals surface area contributed by atoms with Crippen LogP contribution in [0.2, 0.25) is 0 Å². The largest absolute Gasteiger partial charge is 0.461 e. The normalized spacial score (nSPS) is 16.2. The Bertz CT molecular complexity index is 713. The lowest BCUT2D eigenvalue weighted by Gasteiger charge is -2.21. The molecule has 0 aromatic carbocycles. The highest BCUT2D eigenvalue weighted by atomic mass is 32.1. The molecule has 2 aromatic heterocycles. The van der Waals surface area contributed by atoms with Crippen molar-refractivity contribution in [2.45, 2.75) is 51.7 Å². The van der Waals surface area contributed by atoms with Gasteiger partial charge in [-0.05, 0) is 38.7 Å². The SMILES string of the molecule is Cc1cc2c(=O)n(CC(=O)OC3CCCCC3)cnc2s1. The Kier molecular flexibility index (Phi) is 4.05. The molecule has 0 atom stereocenters. The lowest BCUT2D eigenvalue weighted by atomic mass is 9.98. The predicted octanol–water partition coefficient (Wildman–Crippen LogP) is 2.64. The number of hydrogen-bond donors (Lipinski definition) is 0. The second kappa shape index (κ2) is 5.97. The van der Waals surface area contributed by atoms with Crippen LogP contribution in [0, 0.1) is 6.92 Å². The number of esters is 1. The zero-order valence-corrected chi connectivity index (χ0v) is 12.8. The van der Waals surface area contributed by atoms with Crippen LogP contribution in [0.4, 0.5) is 0 Å². The molecule has 1 aliphatic carbocycles. The third-order valence-electron chi connectivity index (χ3n) is 3.79. The van der Waals surface area contributed by atoms with E-state index in [2.05, 4.69) is 4.98 Å². The molecule has 21 heavy (non-hydrogen) atoms. The number of thiophene rings is 1. The minimum atomic E-state index is -0.350. The van der Waals surface area contributed by atoms with Gasteiger partial charge in [0.15, 0.2) is 0 Å². The molecule has 2 aromatic rings. The summed E-state index contributed by atoms with van der Waals surface area (Å²) >= 11 is 1.48. The average Bonchev–Trinajstić information content (AvgIpc) is 2.85. The van der Waals surface area contributed by atoms with Crippen molar-refractivity contribution in [3.63, 3.8) is 0 Å². The molecule has 3 rings (SSSR count). The lowest BCUT2D eigenvalue weighted by molar-refractivity contribution is -0.151. The monoisotopic (exact) mass is 306 g/mol. The Hall–Kier alpha value is -1.69. The van der Waals surface area contributed by atoms with Crippen molar-refractivity contribution in [2.75, 3.05) is 0 Å². The molecule has 0 saturated heterocycles. The second-order valence-corrected chi connectivity index (χ2v) is 6.74. The summed E-state index contributed by atoms with van der Waals surface area (Å²) < 4.78 is 6.78. The van der Waals surface area contributed by atoms with Gasteiger partial charge in [0.05, 0.1) is 11.7 Å². The summed E-state index contributed by atoms with van der Waals surface area (Å²) in [7, 11) is 0. The minimum absolute atomic E-state index is 0.0158. The van der Waals surface area contributed by atoms with Gasteiger partial charge in [0.1, 0.15) is 17.5 Å². The number of aryl methyl sites for hydroxylation is 1. The zero-order chi connectivity index (χ0) is 14.8. The van der Waals surface area contributed by atoms with E-state index in [0.717, 1.165) is 35.4 Å². The highest BCUT2D eigenvalue weighted by Crippen LogP contribution is 2.21. The fraction of sp³-hybridized carbons (Fsp3) is 0.533. The Morgan fingerprint density at radius 2 is 2.19 bits per heavy atom. The molecule has 1 aliphatic rings. The van der Waals surface area contributed by atoms with Crippen LogP contribution in [-0.2, 0) is 16.1 Å². The summed E-state index contributed by atoms with van der Waals surface area (Å²) in [6.45, 7) is 1.88. The van der Waals surface area contributed by atoms with Gasteiger partial charge in [0.2, 0.25) is 0 Å². The number of carbonyl (C=O) groups excluding carboxylic acids is 1. The Balaban J connectivity index is 1.73. The smallest absolute Gasteiger partial charge is 0.326 e. The van der Waals surface area contributed by atoms with E-state index in [1.807, 2.05) is 13.0 Å². The summed E-state index contributed by atoms with van der Waals surface area (Å²) in [6, 6.07) is 1.82. The molecular weight excluding hydrogens is 288 g/mol. The number of nitrogens with zero attached hydrogens (tertiary/aromatic N) is 2. The number of hydrogen-bond acceptors (Lipinski definition) is 5. The van der Waals surface area contributed by atoms with E-state index in [4.69, 9.17) is 4.74 Å². The highest BCUT2D eigenvalue weighted by molar-refractivity contribution is 7.18. The number of ether oxygens (including phenoxy) is 1. The van der Waals surface area contributed by atoms with Gasteiger partial charge in [-0.25, -0.2) is 4.98 Å². The van der Waals surface area contributed by atoms with Gasteiger partial charge in [-0.1, -0.05) is 6.42 Å². The fourth-order valence-electron chi connectivity index (χ4n) is 2.74. The molecule has 6 heteroatoms. The lowest BCUT2D eigenvalue weighted by Crippen LogP contribution is -2.28. The van der Waals surface area contributed by atoms with Crippen LogP contribution >= 0.6 is 11.3 Å². The van der Waals surface area contributed by atoms with Crippen molar-refractivity contribution >= 4 is 27.5 Å². The van der Waals surface area contributed by atoms with E-state index < -0.39 is 0 Å². The van der Waals surface area contributed by atoms with Crippen LogP contribution in [0.1, 0.15) is 37.0 Å². The molecule has 2 heterocycles. The molecule has 0 radical (unpaired) electrons. The van der Waals surface area contributed by atoms with E-state index in [9.17, 15) is 9.59 Å². The molecular formula is C15H18N2O3S. The summed E-state index contributed by atoms with van der Waals surface area (Å²) in [6.07, 6.45) is 6.75. The first-order valence-corrected chi connectivity index (χ1v) is 8.10. The molecule has 112 valence electrons. The summed E-state index contributed by atoms with van der Waals surface area (Å²) in [5.74, 6) is -0.350. The zero-order valence-electron chi connectivity index (χ0n) is 12.0. The maximum atomic E-state index is 12.3. The van der Waals surface area contributed by atoms with Crippen molar-refractivity contribution in [2.24, 2.45) is 0 Å². The molecule has 0 unspecified atom stereocenters. The first kappa shape index (κ1) is 14.3. The van der Waals surface area contributed by atoms with Gasteiger partial charge < -0.3 is 4.74 Å². The minimum Gasteiger partial charge on any atom is -0.461 e. The topological polar surface area (TPSA) is 61.2 Å². The number of fused-ring (bicyclic) bond motifs is 1. The molecule has 0 spiro atoms. The third kappa shape index (κ3) is 3.15. The van der Waals surface area contributed by atoms with Gasteiger partial charge in [0, 0.05) is 4.88 Å². The van der Waals surface area contributed by atoms with Crippen LogP contribution in [0.25, 0.3) is 10.2 Å². The van der Waals surface area contributed by atoms with Gasteiger partial charge in [-0.15, -0.1) is 11.3 Å². The van der Waals surface area contributed by atoms with E-state index in [-0.39, 0.29) is 24.2 Å². The van der Waals surface area contributed by atoms with E-state index in [0.29, 0.717) is 5.39 Å². The van der Waals surface area contributed by atoms with Gasteiger partial charge in [-0.3, -0.25) is 14.2 Å². The van der Waals surface area contributed by atoms with E-state index >= 15 is 0 Å². The molecule has 1 saturated carbocycles. The van der Waals surface area contributed by atoms with Crippen molar-refractivity contribution < 1.29 is 9.53 Å². The Labute approximate surface area is 126 Å². The van der Waals surface area contributed by atoms with Crippen molar-refractivity contribution in [1.29, 1.82) is 0 Å². The number of aromatic nitrogens is 2. The number of carbonyl (C=O) groups is 1. The van der Waals surface area contributed by atoms with Gasteiger partial charge >= 0.3 is 5.97 Å². The summed E-state index contributed by atoms with van der Waals surface area (Å²) in [4.78, 5) is 30.3. The Morgan fingerprint density at radius 1 is 1.43 bits per heavy atom. The maximum absolute atomic E-state index is 12.3. The molecule has 0 bridgehead atoms. The summed E-state index contributed by atoms with van der Waals surface area (Å²) in [5.41, 5.74) is -0.176. The maximum Gasteiger partial charge on any atom is 0.326 e. The summed E-state index contributed by atoms with van der Waals surface area (Å²) in [5, 5.41) is 0.575. The van der Waals surface area contributed by atoms with Crippen LogP contribution in [0.5, 0.6) is 0 Å². The average molecular weight is 306 g/mol. The van der Waals surface area contributed by atoms with Gasteiger partial charge in [-0.2, -0.15) is 0 Å². The first-order valence-electron chi connectivity index (χ1n) is 7.28. The molecule has 5 nitrogen and oxygen atoms in total. The van der Waals surface area contributed by atoms with Crippen molar-refractivity contribution in [1.82, 2.24) is 9.55 Å². The van der Waals surface area contributed by atoms with Crippen LogP contribution in [0.3, 0.4) is 0 Å². The van der Waals surface area contributed by atoms with Gasteiger partial charge in [0.25, 0.3) is 5.56 Å². The van der Waals surface area contributed by atoms with Crippen LogP contribution in [-0.4, -0.2) is 21.6 Å². The van der Waals surface area contributed by atoms with E-state index in [1.54, 1.807) is 0 Å². The highest BCUT2D eigenvalue weighted by Gasteiger charge is 2.18. The fourth-order valence-corrected chi connectivity index (χ4v) is 3.58. The quantitative estimate of drug-likeness (QED) is 0.818. The first-order chi connectivity index (χ1) is 10.1. The predicted molar refractivity (Wildman–Crippen MR) is 81.6 cm³/mol. The van der Waals surface area contributed by atoms with Crippen molar-refractivity contribution in [3.8, 4) is 0 Å². The molecule has 0 aliphatic heterocycles. The standard InChI is InChI=1S/C15H18N2O3S/c1-10-7-12-14(21-10)16-9-17(15(12)19)8-13(18)20-11-5-3-2-4-6-11/h7,9,11H,2-6,8H2,1H3. The number of rotatable bonds is 3.